The van der Waals surface area contributed by atoms with Crippen LogP contribution in [-0.4, -0.2) is 40.5 Å². The molecule has 2 N–H and O–H groups in total. The van der Waals surface area contributed by atoms with E-state index >= 15 is 0 Å². The van der Waals surface area contributed by atoms with Gasteiger partial charge in [-0.15, -0.1) is 11.3 Å². The van der Waals surface area contributed by atoms with Crippen LogP contribution < -0.4 is 10.6 Å². The smallest absolute Gasteiger partial charge is 0.315 e. The lowest BCUT2D eigenvalue weighted by molar-refractivity contribution is -0.128. The van der Waals surface area contributed by atoms with Gasteiger partial charge in [0.25, 0.3) is 0 Å². The van der Waals surface area contributed by atoms with Crippen LogP contribution in [-0.2, 0) is 4.79 Å². The van der Waals surface area contributed by atoms with Crippen molar-refractivity contribution in [1.82, 2.24) is 20.5 Å². The van der Waals surface area contributed by atoms with Gasteiger partial charge in [-0.25, -0.2) is 9.78 Å². The molecule has 2 saturated carbocycles. The number of likely N-dealkylation sites (tertiary alicyclic amines) is 1. The number of urea groups is 1. The molecule has 3 amide bonds. The second-order valence-corrected chi connectivity index (χ2v) is 7.83. The Balaban J connectivity index is 1.34. The van der Waals surface area contributed by atoms with Crippen molar-refractivity contribution in [2.45, 2.75) is 57.2 Å². The topological polar surface area (TPSA) is 74.3 Å². The summed E-state index contributed by atoms with van der Waals surface area (Å²) in [6.45, 7) is 2.63. The highest BCUT2D eigenvalue weighted by molar-refractivity contribution is 7.09. The van der Waals surface area contributed by atoms with E-state index in [0.29, 0.717) is 24.9 Å². The Morgan fingerprint density at radius 3 is 2.78 bits per heavy atom. The molecule has 3 fully saturated rings. The van der Waals surface area contributed by atoms with Gasteiger partial charge >= 0.3 is 6.03 Å². The monoisotopic (exact) mass is 334 g/mol. The summed E-state index contributed by atoms with van der Waals surface area (Å²) in [6, 6.07) is 0.186. The molecule has 124 valence electrons. The van der Waals surface area contributed by atoms with Crippen LogP contribution >= 0.6 is 11.3 Å². The molecule has 0 spiro atoms. The number of nitrogens with zero attached hydrogens (tertiary/aromatic N) is 2. The number of carbonyl (C=O) groups is 2. The first-order chi connectivity index (χ1) is 11.1. The molecule has 0 bridgehead atoms. The van der Waals surface area contributed by atoms with Crippen LogP contribution in [0.15, 0.2) is 5.38 Å². The summed E-state index contributed by atoms with van der Waals surface area (Å²) in [5.41, 5.74) is 0.999. The summed E-state index contributed by atoms with van der Waals surface area (Å²) < 4.78 is 0. The zero-order valence-electron chi connectivity index (χ0n) is 13.2. The Bertz CT molecular complexity index is 623. The van der Waals surface area contributed by atoms with E-state index < -0.39 is 0 Å². The molecule has 4 rings (SSSR count). The summed E-state index contributed by atoms with van der Waals surface area (Å²) in [6.07, 6.45) is 4.92. The van der Waals surface area contributed by atoms with Gasteiger partial charge in [-0.2, -0.15) is 0 Å². The van der Waals surface area contributed by atoms with E-state index in [1.165, 1.54) is 0 Å². The zero-order chi connectivity index (χ0) is 16.0. The lowest BCUT2D eigenvalue weighted by atomic mass is 10.2. The molecule has 1 aromatic heterocycles. The van der Waals surface area contributed by atoms with Gasteiger partial charge in [0.2, 0.25) is 5.91 Å². The predicted octanol–water partition coefficient (Wildman–Crippen LogP) is 1.97. The minimum atomic E-state index is -0.176. The Morgan fingerprint density at radius 1 is 1.39 bits per heavy atom. The third-order valence-electron chi connectivity index (χ3n) is 4.76. The number of amides is 3. The van der Waals surface area contributed by atoms with E-state index in [9.17, 15) is 9.59 Å². The minimum Gasteiger partial charge on any atom is -0.338 e. The van der Waals surface area contributed by atoms with E-state index in [4.69, 9.17) is 0 Å². The molecule has 0 radical (unpaired) electrons. The van der Waals surface area contributed by atoms with Crippen LogP contribution in [0.4, 0.5) is 4.79 Å². The van der Waals surface area contributed by atoms with Crippen LogP contribution in [0.2, 0.25) is 0 Å². The van der Waals surface area contributed by atoms with Crippen molar-refractivity contribution in [2.24, 2.45) is 5.92 Å². The molecular formula is C16H22N4O2S. The van der Waals surface area contributed by atoms with Crippen molar-refractivity contribution < 1.29 is 9.59 Å². The summed E-state index contributed by atoms with van der Waals surface area (Å²) in [7, 11) is 0. The fraction of sp³-hybridized carbons (Fsp3) is 0.688. The molecule has 2 heterocycles. The summed E-state index contributed by atoms with van der Waals surface area (Å²) in [5, 5.41) is 9.06. The van der Waals surface area contributed by atoms with Crippen molar-refractivity contribution in [3.63, 3.8) is 0 Å². The molecule has 2 atom stereocenters. The van der Waals surface area contributed by atoms with Gasteiger partial charge in [-0.05, 0) is 38.5 Å². The van der Waals surface area contributed by atoms with E-state index in [1.807, 2.05) is 17.2 Å². The van der Waals surface area contributed by atoms with Crippen molar-refractivity contribution in [1.29, 1.82) is 0 Å². The van der Waals surface area contributed by atoms with Gasteiger partial charge < -0.3 is 15.5 Å². The lowest BCUT2D eigenvalue weighted by Gasteiger charge is -2.19. The van der Waals surface area contributed by atoms with Crippen LogP contribution in [0.5, 0.6) is 0 Å². The number of thiazole rings is 1. The van der Waals surface area contributed by atoms with Crippen molar-refractivity contribution in [2.75, 3.05) is 6.54 Å². The number of hydrogen-bond acceptors (Lipinski definition) is 4. The highest BCUT2D eigenvalue weighted by Gasteiger charge is 2.40. The lowest BCUT2D eigenvalue weighted by Crippen LogP contribution is -2.45. The van der Waals surface area contributed by atoms with Crippen LogP contribution in [0.25, 0.3) is 0 Å². The molecule has 1 aliphatic heterocycles. The molecule has 7 heteroatoms. The fourth-order valence-electron chi connectivity index (χ4n) is 3.26. The predicted molar refractivity (Wildman–Crippen MR) is 87.1 cm³/mol. The Morgan fingerprint density at radius 2 is 2.17 bits per heavy atom. The number of aromatic nitrogens is 1. The molecular weight excluding hydrogens is 312 g/mol. The van der Waals surface area contributed by atoms with Crippen LogP contribution in [0.3, 0.4) is 0 Å². The van der Waals surface area contributed by atoms with Gasteiger partial charge in [-0.3, -0.25) is 4.79 Å². The van der Waals surface area contributed by atoms with Crippen molar-refractivity contribution in [3.8, 4) is 0 Å². The standard InChI is InChI=1S/C16H22N4O2S/c1-9-8-23-15(17-9)14(10-2-3-10)19-16(22)18-11-6-13(21)20(7-11)12-4-5-12/h8,10-12,14H,2-7H2,1H3,(H2,18,19,22). The van der Waals surface area contributed by atoms with E-state index in [0.717, 1.165) is 36.4 Å². The van der Waals surface area contributed by atoms with E-state index in [1.54, 1.807) is 11.3 Å². The average molecular weight is 334 g/mol. The van der Waals surface area contributed by atoms with Gasteiger partial charge in [0, 0.05) is 30.1 Å². The molecule has 3 aliphatic rings. The van der Waals surface area contributed by atoms with Gasteiger partial charge in [0.05, 0.1) is 12.1 Å². The maximum absolute atomic E-state index is 12.3. The first-order valence-corrected chi connectivity index (χ1v) is 9.26. The van der Waals surface area contributed by atoms with Gasteiger partial charge in [0.1, 0.15) is 5.01 Å². The first-order valence-electron chi connectivity index (χ1n) is 8.38. The Hall–Kier alpha value is -1.63. The molecule has 1 saturated heterocycles. The second kappa shape index (κ2) is 5.78. The molecule has 23 heavy (non-hydrogen) atoms. The minimum absolute atomic E-state index is 0.00494. The zero-order valence-corrected chi connectivity index (χ0v) is 14.1. The SMILES string of the molecule is Cc1csc(C(NC(=O)NC2CC(=O)N(C3CC3)C2)C2CC2)n1. The number of nitrogens with one attached hydrogen (secondary N) is 2. The maximum Gasteiger partial charge on any atom is 0.315 e. The summed E-state index contributed by atoms with van der Waals surface area (Å²) in [5.74, 6) is 0.673. The van der Waals surface area contributed by atoms with Crippen molar-refractivity contribution >= 4 is 23.3 Å². The van der Waals surface area contributed by atoms with Crippen LogP contribution in [0.1, 0.15) is 48.8 Å². The Labute approximate surface area is 139 Å². The molecule has 1 aromatic rings. The van der Waals surface area contributed by atoms with E-state index in [2.05, 4.69) is 15.6 Å². The highest BCUT2D eigenvalue weighted by atomic mass is 32.1. The highest BCUT2D eigenvalue weighted by Crippen LogP contribution is 2.41. The van der Waals surface area contributed by atoms with Crippen LogP contribution in [0, 0.1) is 12.8 Å². The Kier molecular flexibility index (Phi) is 3.75. The van der Waals surface area contributed by atoms with Gasteiger partial charge in [-0.1, -0.05) is 0 Å². The third-order valence-corrected chi connectivity index (χ3v) is 5.81. The number of rotatable bonds is 5. The molecule has 2 unspecified atom stereocenters. The number of carbonyl (C=O) groups excluding carboxylic acids is 2. The number of hydrogen-bond donors (Lipinski definition) is 2. The maximum atomic E-state index is 12.3. The molecule has 6 nitrogen and oxygen atoms in total. The van der Waals surface area contributed by atoms with Crippen molar-refractivity contribution in [3.05, 3.63) is 16.1 Å². The normalized spacial score (nSPS) is 25.5. The van der Waals surface area contributed by atoms with E-state index in [-0.39, 0.29) is 24.0 Å². The third kappa shape index (κ3) is 3.34. The molecule has 2 aliphatic carbocycles. The summed E-state index contributed by atoms with van der Waals surface area (Å²) in [4.78, 5) is 30.8. The largest absolute Gasteiger partial charge is 0.338 e. The second-order valence-electron chi connectivity index (χ2n) is 6.94. The van der Waals surface area contributed by atoms with Gasteiger partial charge in [0.15, 0.2) is 0 Å². The quantitative estimate of drug-likeness (QED) is 0.864. The number of aryl methyl sites for hydroxylation is 1. The first kappa shape index (κ1) is 14.9. The summed E-state index contributed by atoms with van der Waals surface area (Å²) >= 11 is 1.61. The molecule has 0 aromatic carbocycles. The fourth-order valence-corrected chi connectivity index (χ4v) is 4.20. The average Bonchev–Trinajstić information content (AvgIpc) is 3.41.